The third-order valence-corrected chi connectivity index (χ3v) is 8.25. The first-order chi connectivity index (χ1) is 15.1. The highest BCUT2D eigenvalue weighted by Crippen LogP contribution is 2.65. The van der Waals surface area contributed by atoms with Crippen molar-refractivity contribution < 1.29 is 29.3 Å². The third kappa shape index (κ3) is 4.27. The standard InChI is InChI=1S/C25H38N2O6/c1-22(2,3)33-21(31)26-18(24(6)10-14-8-7-9-25(32,11-14)13-24)19(28)27-12-15-16(23(15,4)5)17(27)20(29)30/h10,15-18,32H,7-9,11-13H2,1-6H3,(H,26,31)(H,29,30)/t15-,16-,17-,18+,24?,25?/m0/s1. The van der Waals surface area contributed by atoms with Gasteiger partial charge < -0.3 is 25.2 Å². The van der Waals surface area contributed by atoms with Crippen LogP contribution in [0.1, 0.15) is 73.6 Å². The summed E-state index contributed by atoms with van der Waals surface area (Å²) in [6, 6.07) is -1.95. The Balaban J connectivity index is 1.67. The number of aliphatic hydroxyl groups is 1. The second-order valence-electron chi connectivity index (χ2n) is 12.5. The van der Waals surface area contributed by atoms with E-state index in [-0.39, 0.29) is 17.3 Å². The Kier molecular flexibility index (Phi) is 5.43. The maximum atomic E-state index is 13.9. The van der Waals surface area contributed by atoms with Gasteiger partial charge in [0.2, 0.25) is 5.91 Å². The van der Waals surface area contributed by atoms with Gasteiger partial charge in [-0.25, -0.2) is 9.59 Å². The van der Waals surface area contributed by atoms with E-state index in [4.69, 9.17) is 4.74 Å². The van der Waals surface area contributed by atoms with E-state index in [2.05, 4.69) is 5.32 Å². The zero-order valence-corrected chi connectivity index (χ0v) is 20.6. The number of nitrogens with one attached hydrogen (secondary N) is 1. The third-order valence-electron chi connectivity index (χ3n) is 8.25. The van der Waals surface area contributed by atoms with Crippen molar-refractivity contribution in [3.05, 3.63) is 11.6 Å². The average molecular weight is 463 g/mol. The van der Waals surface area contributed by atoms with Crippen molar-refractivity contribution in [1.82, 2.24) is 10.2 Å². The quantitative estimate of drug-likeness (QED) is 0.553. The van der Waals surface area contributed by atoms with Gasteiger partial charge in [0.25, 0.3) is 0 Å². The highest BCUT2D eigenvalue weighted by atomic mass is 16.6. The normalized spacial score (nSPS) is 37.5. The molecule has 3 N–H and O–H groups in total. The Morgan fingerprint density at radius 2 is 1.91 bits per heavy atom. The molecule has 4 rings (SSSR count). The van der Waals surface area contributed by atoms with Crippen LogP contribution in [0, 0.1) is 22.7 Å². The van der Waals surface area contributed by atoms with Crippen LogP contribution >= 0.6 is 0 Å². The van der Waals surface area contributed by atoms with Crippen LogP contribution in [0.4, 0.5) is 4.79 Å². The maximum absolute atomic E-state index is 13.9. The molecule has 0 aromatic heterocycles. The molecule has 4 aliphatic rings. The molecule has 8 heteroatoms. The first-order valence-electron chi connectivity index (χ1n) is 12.0. The Morgan fingerprint density at radius 3 is 2.48 bits per heavy atom. The van der Waals surface area contributed by atoms with E-state index >= 15 is 0 Å². The van der Waals surface area contributed by atoms with E-state index in [0.717, 1.165) is 18.4 Å². The van der Waals surface area contributed by atoms with Gasteiger partial charge in [0.1, 0.15) is 17.7 Å². The predicted octanol–water partition coefficient (Wildman–Crippen LogP) is 3.09. The maximum Gasteiger partial charge on any atom is 0.408 e. The van der Waals surface area contributed by atoms with Gasteiger partial charge in [0.15, 0.2) is 0 Å². The molecule has 1 heterocycles. The number of ether oxygens (including phenoxy) is 1. The number of carboxylic acid groups (broad SMARTS) is 1. The summed E-state index contributed by atoms with van der Waals surface area (Å²) < 4.78 is 5.45. The lowest BCUT2D eigenvalue weighted by molar-refractivity contribution is -0.153. The smallest absolute Gasteiger partial charge is 0.408 e. The fourth-order valence-electron chi connectivity index (χ4n) is 6.83. The van der Waals surface area contributed by atoms with Crippen LogP contribution < -0.4 is 5.32 Å². The molecule has 1 aliphatic heterocycles. The van der Waals surface area contributed by atoms with Gasteiger partial charge in [-0.3, -0.25) is 4.79 Å². The summed E-state index contributed by atoms with van der Waals surface area (Å²) in [5, 5.41) is 24.0. The van der Waals surface area contributed by atoms with Crippen molar-refractivity contribution in [2.45, 2.75) is 96.9 Å². The monoisotopic (exact) mass is 462 g/mol. The van der Waals surface area contributed by atoms with Gasteiger partial charge in [-0.05, 0) is 64.2 Å². The number of hydrogen-bond acceptors (Lipinski definition) is 5. The van der Waals surface area contributed by atoms with Gasteiger partial charge in [0, 0.05) is 17.9 Å². The molecule has 33 heavy (non-hydrogen) atoms. The largest absolute Gasteiger partial charge is 0.480 e. The Hall–Kier alpha value is -2.09. The van der Waals surface area contributed by atoms with Crippen molar-refractivity contribution in [2.75, 3.05) is 6.54 Å². The zero-order valence-electron chi connectivity index (χ0n) is 20.6. The summed E-state index contributed by atoms with van der Waals surface area (Å²) in [6.07, 6.45) is 4.59. The Morgan fingerprint density at radius 1 is 1.24 bits per heavy atom. The number of carboxylic acids is 1. The number of likely N-dealkylation sites (tertiary alicyclic amines) is 1. The summed E-state index contributed by atoms with van der Waals surface area (Å²) >= 11 is 0. The lowest BCUT2D eigenvalue weighted by Gasteiger charge is -2.48. The molecular formula is C25H38N2O6. The van der Waals surface area contributed by atoms with Gasteiger partial charge in [-0.2, -0.15) is 0 Å². The molecule has 0 aromatic carbocycles. The van der Waals surface area contributed by atoms with Crippen LogP contribution in [0.5, 0.6) is 0 Å². The molecule has 8 nitrogen and oxygen atoms in total. The molecule has 0 spiro atoms. The zero-order chi connectivity index (χ0) is 24.6. The number of piperidine rings is 1. The number of carbonyl (C=O) groups is 3. The number of carbonyl (C=O) groups excluding carboxylic acids is 2. The minimum absolute atomic E-state index is 0.0952. The summed E-state index contributed by atoms with van der Waals surface area (Å²) in [5.41, 5.74) is -1.56. The van der Waals surface area contributed by atoms with E-state index in [0.29, 0.717) is 25.8 Å². The van der Waals surface area contributed by atoms with E-state index in [1.54, 1.807) is 20.8 Å². The van der Waals surface area contributed by atoms with Crippen LogP contribution in [-0.2, 0) is 14.3 Å². The lowest BCUT2D eigenvalue weighted by atomic mass is 9.62. The SMILES string of the molecule is CC(C)(C)OC(=O)N[C@H](C(=O)N1C[C@H]2[C@@H]([C@H]1C(=O)O)C2(C)C)C1(C)C=C2CCCC(O)(C2)C1. The molecule has 2 unspecified atom stereocenters. The fraction of sp³-hybridized carbons (Fsp3) is 0.800. The number of fused-ring (bicyclic) bond motifs is 3. The van der Waals surface area contributed by atoms with E-state index in [1.807, 2.05) is 26.8 Å². The molecule has 184 valence electrons. The second kappa shape index (κ2) is 7.45. The van der Waals surface area contributed by atoms with Crippen LogP contribution in [0.2, 0.25) is 0 Å². The molecule has 2 bridgehead atoms. The number of nitrogens with zero attached hydrogens (tertiary/aromatic N) is 1. The van der Waals surface area contributed by atoms with Gasteiger partial charge >= 0.3 is 12.1 Å². The summed E-state index contributed by atoms with van der Waals surface area (Å²) in [7, 11) is 0. The number of hydrogen-bond donors (Lipinski definition) is 3. The van der Waals surface area contributed by atoms with Crippen molar-refractivity contribution in [2.24, 2.45) is 22.7 Å². The molecule has 0 radical (unpaired) electrons. The van der Waals surface area contributed by atoms with Gasteiger partial charge in [-0.1, -0.05) is 32.4 Å². The van der Waals surface area contributed by atoms with E-state index in [9.17, 15) is 24.6 Å². The number of aliphatic carboxylic acids is 1. The molecule has 2 saturated carbocycles. The first-order valence-corrected chi connectivity index (χ1v) is 12.0. The van der Waals surface area contributed by atoms with Gasteiger partial charge in [0.05, 0.1) is 5.60 Å². The lowest BCUT2D eigenvalue weighted by Crippen LogP contribution is -2.61. The topological polar surface area (TPSA) is 116 Å². The first kappa shape index (κ1) is 24.0. The highest BCUT2D eigenvalue weighted by molar-refractivity contribution is 5.91. The number of rotatable bonds is 4. The van der Waals surface area contributed by atoms with E-state index in [1.165, 1.54) is 4.90 Å². The predicted molar refractivity (Wildman–Crippen MR) is 121 cm³/mol. The highest BCUT2D eigenvalue weighted by Gasteiger charge is 2.70. The molecule has 1 saturated heterocycles. The van der Waals surface area contributed by atoms with Gasteiger partial charge in [-0.15, -0.1) is 0 Å². The minimum Gasteiger partial charge on any atom is -0.480 e. The Labute approximate surface area is 195 Å². The van der Waals surface area contributed by atoms with Crippen LogP contribution in [0.15, 0.2) is 11.6 Å². The minimum atomic E-state index is -1.03. The number of amides is 2. The fourth-order valence-corrected chi connectivity index (χ4v) is 6.83. The Bertz CT molecular complexity index is 905. The molecule has 3 aliphatic carbocycles. The summed E-state index contributed by atoms with van der Waals surface area (Å²) in [6.45, 7) is 11.6. The van der Waals surface area contributed by atoms with Crippen molar-refractivity contribution in [3.8, 4) is 0 Å². The molecule has 0 aromatic rings. The molecule has 6 atom stereocenters. The van der Waals surface area contributed by atoms with Crippen molar-refractivity contribution in [1.29, 1.82) is 0 Å². The van der Waals surface area contributed by atoms with Crippen LogP contribution in [0.3, 0.4) is 0 Å². The summed E-state index contributed by atoms with van der Waals surface area (Å²) in [5.74, 6) is -1.40. The molecule has 2 amide bonds. The molecular weight excluding hydrogens is 424 g/mol. The van der Waals surface area contributed by atoms with Crippen molar-refractivity contribution >= 4 is 18.0 Å². The van der Waals surface area contributed by atoms with Crippen LogP contribution in [-0.4, -0.2) is 62.9 Å². The average Bonchev–Trinajstić information content (AvgIpc) is 2.98. The molecule has 3 fully saturated rings. The number of alkyl carbamates (subject to hydrolysis) is 1. The van der Waals surface area contributed by atoms with Crippen molar-refractivity contribution in [3.63, 3.8) is 0 Å². The van der Waals surface area contributed by atoms with Crippen LogP contribution in [0.25, 0.3) is 0 Å². The second-order valence-corrected chi connectivity index (χ2v) is 12.5. The summed E-state index contributed by atoms with van der Waals surface area (Å²) in [4.78, 5) is 40.4. The van der Waals surface area contributed by atoms with E-state index < -0.39 is 46.7 Å².